The highest BCUT2D eigenvalue weighted by Gasteiger charge is 2.29. The van der Waals surface area contributed by atoms with Crippen LogP contribution in [0.1, 0.15) is 38.2 Å². The molecule has 0 aromatic heterocycles. The number of thioether (sulfide) groups is 1. The lowest BCUT2D eigenvalue weighted by Crippen LogP contribution is -2.35. The Kier molecular flexibility index (Phi) is 5.16. The smallest absolute Gasteiger partial charge is 0.0254 e. The molecule has 2 atom stereocenters. The molecule has 96 valence electrons. The molecule has 1 aromatic carbocycles. The second-order valence-corrected chi connectivity index (χ2v) is 5.71. The third kappa shape index (κ3) is 3.10. The number of benzene rings is 1. The minimum Gasteiger partial charge on any atom is -0.312 e. The summed E-state index contributed by atoms with van der Waals surface area (Å²) in [5, 5.41) is 3.67. The van der Waals surface area contributed by atoms with Crippen molar-refractivity contribution in [1.82, 2.24) is 5.32 Å². The fourth-order valence-electron chi connectivity index (χ4n) is 2.42. The average molecular weight is 259 g/mol. The third-order valence-corrected chi connectivity index (χ3v) is 4.59. The molecule has 2 rings (SSSR count). The van der Waals surface area contributed by atoms with Crippen LogP contribution in [0.2, 0.25) is 0 Å². The molecule has 1 aromatic rings. The van der Waals surface area contributed by atoms with Crippen molar-refractivity contribution >= 4 is 11.8 Å². The second-order valence-electron chi connectivity index (χ2n) is 4.65. The van der Waals surface area contributed by atoms with E-state index in [1.165, 1.54) is 22.6 Å². The van der Waals surface area contributed by atoms with Gasteiger partial charge in [-0.1, -0.05) is 25.1 Å². The first-order chi connectivity index (χ1) is 8.86. The van der Waals surface area contributed by atoms with Crippen molar-refractivity contribution in [3.05, 3.63) is 29.8 Å². The molecule has 0 saturated carbocycles. The Morgan fingerprint density at radius 1 is 1.44 bits per heavy atom. The highest BCUT2D eigenvalue weighted by atomic mass is 32.2. The van der Waals surface area contributed by atoms with Crippen LogP contribution < -0.4 is 5.32 Å². The van der Waals surface area contributed by atoms with Gasteiger partial charge in [0.2, 0.25) is 0 Å². The minimum atomic E-state index is 0.494. The zero-order valence-corrected chi connectivity index (χ0v) is 12.0. The summed E-state index contributed by atoms with van der Waals surface area (Å²) in [6.45, 7) is 5.22. The van der Waals surface area contributed by atoms with Gasteiger partial charge in [0.1, 0.15) is 0 Å². The Morgan fingerprint density at radius 3 is 3.06 bits per heavy atom. The van der Waals surface area contributed by atoms with Crippen LogP contribution in [0.3, 0.4) is 0 Å². The van der Waals surface area contributed by atoms with E-state index < -0.39 is 0 Å². The van der Waals surface area contributed by atoms with Gasteiger partial charge in [-0.25, -0.2) is 0 Å². The summed E-state index contributed by atoms with van der Waals surface area (Å²) in [4.78, 5) is 1.45. The van der Waals surface area contributed by atoms with Crippen LogP contribution >= 0.6 is 11.8 Å². The summed E-state index contributed by atoms with van der Waals surface area (Å²) in [6, 6.07) is 9.30. The molecule has 0 spiro atoms. The first-order valence-corrected chi connectivity index (χ1v) is 7.70. The second kappa shape index (κ2) is 6.87. The fourth-order valence-corrected chi connectivity index (χ4v) is 3.75. The third-order valence-electron chi connectivity index (χ3n) is 3.38. The number of hydrogen-bond donors (Lipinski definition) is 1. The molecule has 0 amide bonds. The molecule has 0 bridgehead atoms. The summed E-state index contributed by atoms with van der Waals surface area (Å²) in [5.74, 6) is 8.06. The Labute approximate surface area is 115 Å². The Morgan fingerprint density at radius 2 is 2.28 bits per heavy atom. The van der Waals surface area contributed by atoms with E-state index >= 15 is 0 Å². The number of fused-ring (bicyclic) bond motifs is 1. The maximum atomic E-state index is 3.67. The maximum absolute atomic E-state index is 3.67. The van der Waals surface area contributed by atoms with Crippen molar-refractivity contribution < 1.29 is 0 Å². The van der Waals surface area contributed by atoms with Crippen LogP contribution in [-0.4, -0.2) is 18.3 Å². The lowest BCUT2D eigenvalue weighted by molar-refractivity contribution is 0.462. The van der Waals surface area contributed by atoms with Crippen molar-refractivity contribution in [2.45, 2.75) is 43.5 Å². The first kappa shape index (κ1) is 13.5. The molecular weight excluding hydrogens is 238 g/mol. The summed E-state index contributed by atoms with van der Waals surface area (Å²) in [6.07, 6.45) is 2.13. The average Bonchev–Trinajstić information content (AvgIpc) is 2.83. The Balaban J connectivity index is 2.13. The zero-order valence-electron chi connectivity index (χ0n) is 11.2. The first-order valence-electron chi connectivity index (χ1n) is 6.71. The van der Waals surface area contributed by atoms with E-state index in [-0.39, 0.29) is 0 Å². The van der Waals surface area contributed by atoms with E-state index in [1.54, 1.807) is 0 Å². The number of hydrogen-bond acceptors (Lipinski definition) is 2. The van der Waals surface area contributed by atoms with Gasteiger partial charge in [0.25, 0.3) is 0 Å². The van der Waals surface area contributed by atoms with E-state index in [0.717, 1.165) is 13.0 Å². The van der Waals surface area contributed by atoms with Gasteiger partial charge in [-0.05, 0) is 31.5 Å². The molecule has 1 aliphatic heterocycles. The SMILES string of the molecule is CC#CCC(NCCC)C1CSc2ccccc21. The molecule has 0 aliphatic carbocycles. The van der Waals surface area contributed by atoms with Crippen LogP contribution in [0.5, 0.6) is 0 Å². The van der Waals surface area contributed by atoms with Gasteiger partial charge < -0.3 is 5.32 Å². The molecule has 0 radical (unpaired) electrons. The number of rotatable bonds is 5. The van der Waals surface area contributed by atoms with Gasteiger partial charge in [0.15, 0.2) is 0 Å². The van der Waals surface area contributed by atoms with Gasteiger partial charge >= 0.3 is 0 Å². The fraction of sp³-hybridized carbons (Fsp3) is 0.500. The molecule has 0 fully saturated rings. The quantitative estimate of drug-likeness (QED) is 0.810. The van der Waals surface area contributed by atoms with E-state index in [0.29, 0.717) is 12.0 Å². The molecule has 2 unspecified atom stereocenters. The van der Waals surface area contributed by atoms with Crippen molar-refractivity contribution in [2.24, 2.45) is 0 Å². The van der Waals surface area contributed by atoms with Crippen LogP contribution in [0, 0.1) is 11.8 Å². The van der Waals surface area contributed by atoms with Crippen molar-refractivity contribution in [2.75, 3.05) is 12.3 Å². The van der Waals surface area contributed by atoms with Crippen LogP contribution in [0.25, 0.3) is 0 Å². The highest BCUT2D eigenvalue weighted by molar-refractivity contribution is 7.99. The van der Waals surface area contributed by atoms with Crippen LogP contribution in [-0.2, 0) is 0 Å². The number of nitrogens with one attached hydrogen (secondary N) is 1. The van der Waals surface area contributed by atoms with E-state index in [1.807, 2.05) is 18.7 Å². The van der Waals surface area contributed by atoms with Crippen molar-refractivity contribution in [1.29, 1.82) is 0 Å². The van der Waals surface area contributed by atoms with E-state index in [9.17, 15) is 0 Å². The molecular formula is C16H21NS. The largest absolute Gasteiger partial charge is 0.312 e. The zero-order chi connectivity index (χ0) is 12.8. The molecule has 1 nitrogen and oxygen atoms in total. The lowest BCUT2D eigenvalue weighted by Gasteiger charge is -2.23. The van der Waals surface area contributed by atoms with Crippen LogP contribution in [0.15, 0.2) is 29.2 Å². The molecule has 1 N–H and O–H groups in total. The summed E-state index contributed by atoms with van der Waals surface area (Å²) in [5.41, 5.74) is 1.51. The van der Waals surface area contributed by atoms with Crippen molar-refractivity contribution in [3.8, 4) is 11.8 Å². The van der Waals surface area contributed by atoms with Gasteiger partial charge in [-0.2, -0.15) is 0 Å². The van der Waals surface area contributed by atoms with Gasteiger partial charge in [0.05, 0.1) is 0 Å². The minimum absolute atomic E-state index is 0.494. The Hall–Kier alpha value is -0.910. The standard InChI is InChI=1S/C16H21NS/c1-3-5-9-15(17-11-4-2)14-12-18-16-10-7-6-8-13(14)16/h6-8,10,14-15,17H,4,9,11-12H2,1-2H3. The Bertz CT molecular complexity index is 444. The predicted octanol–water partition coefficient (Wildman–Crippen LogP) is 3.66. The van der Waals surface area contributed by atoms with Crippen molar-refractivity contribution in [3.63, 3.8) is 0 Å². The van der Waals surface area contributed by atoms with Gasteiger partial charge in [-0.3, -0.25) is 0 Å². The summed E-state index contributed by atoms with van der Waals surface area (Å²) >= 11 is 1.98. The molecule has 1 heterocycles. The summed E-state index contributed by atoms with van der Waals surface area (Å²) in [7, 11) is 0. The predicted molar refractivity (Wildman–Crippen MR) is 80.1 cm³/mol. The van der Waals surface area contributed by atoms with Gasteiger partial charge in [0, 0.05) is 29.0 Å². The normalized spacial score (nSPS) is 18.9. The van der Waals surface area contributed by atoms with Crippen LogP contribution in [0.4, 0.5) is 0 Å². The maximum Gasteiger partial charge on any atom is 0.0254 e. The lowest BCUT2D eigenvalue weighted by atomic mass is 9.91. The topological polar surface area (TPSA) is 12.0 Å². The highest BCUT2D eigenvalue weighted by Crippen LogP contribution is 2.41. The molecule has 0 saturated heterocycles. The van der Waals surface area contributed by atoms with E-state index in [2.05, 4.69) is 48.3 Å². The molecule has 1 aliphatic rings. The summed E-state index contributed by atoms with van der Waals surface area (Å²) < 4.78 is 0. The van der Waals surface area contributed by atoms with E-state index in [4.69, 9.17) is 0 Å². The van der Waals surface area contributed by atoms with Gasteiger partial charge in [-0.15, -0.1) is 23.6 Å². The molecule has 2 heteroatoms. The monoisotopic (exact) mass is 259 g/mol. The molecule has 18 heavy (non-hydrogen) atoms.